The minimum absolute atomic E-state index is 0.172. The number of hydrogen-bond donors (Lipinski definition) is 0. The highest BCUT2D eigenvalue weighted by Gasteiger charge is 2.34. The molecular formula is C34H32N2O8S. The number of methoxy groups -OCH3 is 2. The van der Waals surface area contributed by atoms with E-state index in [-0.39, 0.29) is 17.7 Å². The molecule has 0 amide bonds. The van der Waals surface area contributed by atoms with Crippen molar-refractivity contribution in [1.82, 2.24) is 4.57 Å². The van der Waals surface area contributed by atoms with E-state index in [1.165, 1.54) is 15.9 Å². The molecule has 5 rings (SSSR count). The zero-order valence-electron chi connectivity index (χ0n) is 25.5. The van der Waals surface area contributed by atoms with Gasteiger partial charge in [-0.15, -0.1) is 0 Å². The van der Waals surface area contributed by atoms with Gasteiger partial charge in [-0.1, -0.05) is 29.5 Å². The first-order valence-corrected chi connectivity index (χ1v) is 15.1. The third kappa shape index (κ3) is 6.53. The molecule has 1 atom stereocenters. The van der Waals surface area contributed by atoms with Gasteiger partial charge in [-0.2, -0.15) is 0 Å². The molecule has 0 aliphatic carbocycles. The van der Waals surface area contributed by atoms with Crippen molar-refractivity contribution in [3.05, 3.63) is 114 Å². The standard InChI is InChI=1S/C34H32N2O8S/c1-6-42-27-19-23(12-17-26(27)41-5)30-29(33(39)43-7-2)20(3)35-34-36(30)31(37)28(45-34)18-21-8-13-25(14-9-21)44-32(38)22-10-15-24(40-4)16-11-22/h8-19,30H,6-7H2,1-5H3/b28-18-/t30-/m0/s1. The molecular weight excluding hydrogens is 596 g/mol. The smallest absolute Gasteiger partial charge is 0.343 e. The molecule has 11 heteroatoms. The zero-order chi connectivity index (χ0) is 32.1. The van der Waals surface area contributed by atoms with E-state index >= 15 is 0 Å². The van der Waals surface area contributed by atoms with Gasteiger partial charge in [-0.25, -0.2) is 14.6 Å². The number of nitrogens with zero attached hydrogens (tertiary/aromatic N) is 2. The average molecular weight is 629 g/mol. The van der Waals surface area contributed by atoms with Gasteiger partial charge in [0.05, 0.1) is 54.8 Å². The number of rotatable bonds is 10. The minimum Gasteiger partial charge on any atom is -0.497 e. The van der Waals surface area contributed by atoms with E-state index in [9.17, 15) is 14.4 Å². The first-order valence-electron chi connectivity index (χ1n) is 14.2. The van der Waals surface area contributed by atoms with Gasteiger partial charge in [0.1, 0.15) is 11.5 Å². The van der Waals surface area contributed by atoms with Crippen LogP contribution in [0.4, 0.5) is 0 Å². The number of carbonyl (C=O) groups excluding carboxylic acids is 2. The molecule has 0 bridgehead atoms. The summed E-state index contributed by atoms with van der Waals surface area (Å²) in [5, 5.41) is 0. The molecule has 1 aromatic heterocycles. The van der Waals surface area contributed by atoms with Gasteiger partial charge in [0.15, 0.2) is 16.3 Å². The second kappa shape index (κ2) is 13.6. The number of aromatic nitrogens is 1. The fraction of sp³-hybridized carbons (Fsp3) is 0.235. The number of esters is 2. The van der Waals surface area contributed by atoms with E-state index in [1.54, 1.807) is 101 Å². The van der Waals surface area contributed by atoms with E-state index in [0.717, 1.165) is 0 Å². The maximum atomic E-state index is 14.0. The maximum absolute atomic E-state index is 14.0. The highest BCUT2D eigenvalue weighted by atomic mass is 32.1. The summed E-state index contributed by atoms with van der Waals surface area (Å²) in [6.45, 7) is 5.90. The largest absolute Gasteiger partial charge is 0.497 e. The molecule has 0 unspecified atom stereocenters. The lowest BCUT2D eigenvalue weighted by atomic mass is 9.95. The summed E-state index contributed by atoms with van der Waals surface area (Å²) in [7, 11) is 3.10. The Labute approximate surface area is 263 Å². The van der Waals surface area contributed by atoms with E-state index < -0.39 is 18.0 Å². The second-order valence-electron chi connectivity index (χ2n) is 9.83. The van der Waals surface area contributed by atoms with Gasteiger partial charge < -0.3 is 23.7 Å². The van der Waals surface area contributed by atoms with Crippen molar-refractivity contribution in [2.75, 3.05) is 27.4 Å². The fourth-order valence-electron chi connectivity index (χ4n) is 4.92. The molecule has 232 valence electrons. The van der Waals surface area contributed by atoms with Crippen LogP contribution in [0.15, 0.2) is 87.8 Å². The number of ether oxygens (including phenoxy) is 5. The first-order chi connectivity index (χ1) is 21.8. The molecule has 0 spiro atoms. The normalized spacial score (nSPS) is 14.3. The van der Waals surface area contributed by atoms with Gasteiger partial charge >= 0.3 is 11.9 Å². The molecule has 1 aliphatic rings. The zero-order valence-corrected chi connectivity index (χ0v) is 26.3. The Kier molecular flexibility index (Phi) is 9.48. The number of thiazole rings is 1. The molecule has 0 saturated carbocycles. The van der Waals surface area contributed by atoms with Crippen LogP contribution < -0.4 is 33.8 Å². The molecule has 3 aromatic carbocycles. The van der Waals surface area contributed by atoms with Crippen molar-refractivity contribution in [3.63, 3.8) is 0 Å². The van der Waals surface area contributed by atoms with Crippen LogP contribution in [0.3, 0.4) is 0 Å². The molecule has 45 heavy (non-hydrogen) atoms. The Morgan fingerprint density at radius 1 is 0.889 bits per heavy atom. The Balaban J connectivity index is 1.51. The maximum Gasteiger partial charge on any atom is 0.343 e. The topological polar surface area (TPSA) is 115 Å². The quantitative estimate of drug-likeness (QED) is 0.187. The fourth-order valence-corrected chi connectivity index (χ4v) is 5.96. The predicted octanol–water partition coefficient (Wildman–Crippen LogP) is 4.43. The summed E-state index contributed by atoms with van der Waals surface area (Å²) < 4.78 is 29.2. The summed E-state index contributed by atoms with van der Waals surface area (Å²) in [5.74, 6) is 0.965. The molecule has 4 aromatic rings. The molecule has 10 nitrogen and oxygen atoms in total. The Bertz CT molecular complexity index is 1940. The molecule has 0 radical (unpaired) electrons. The Morgan fingerprint density at radius 3 is 2.24 bits per heavy atom. The number of carbonyl (C=O) groups is 2. The monoisotopic (exact) mass is 628 g/mol. The van der Waals surface area contributed by atoms with Gasteiger partial charge in [0, 0.05) is 0 Å². The average Bonchev–Trinajstić information content (AvgIpc) is 3.35. The molecule has 2 heterocycles. The Morgan fingerprint density at radius 2 is 1.60 bits per heavy atom. The van der Waals surface area contributed by atoms with Gasteiger partial charge in [0.2, 0.25) is 0 Å². The third-order valence-electron chi connectivity index (χ3n) is 7.03. The summed E-state index contributed by atoms with van der Waals surface area (Å²) in [6.07, 6.45) is 1.74. The minimum atomic E-state index is -0.799. The highest BCUT2D eigenvalue weighted by Crippen LogP contribution is 2.36. The van der Waals surface area contributed by atoms with Crippen molar-refractivity contribution in [1.29, 1.82) is 0 Å². The van der Waals surface area contributed by atoms with Crippen LogP contribution in [-0.2, 0) is 9.53 Å². The van der Waals surface area contributed by atoms with E-state index in [4.69, 9.17) is 23.7 Å². The second-order valence-corrected chi connectivity index (χ2v) is 10.8. The third-order valence-corrected chi connectivity index (χ3v) is 8.02. The van der Waals surface area contributed by atoms with Gasteiger partial charge in [0.25, 0.3) is 5.56 Å². The van der Waals surface area contributed by atoms with Crippen LogP contribution >= 0.6 is 11.3 Å². The van der Waals surface area contributed by atoms with Crippen LogP contribution in [0.25, 0.3) is 6.08 Å². The Hall–Kier alpha value is -5.16. The molecule has 0 fully saturated rings. The number of benzene rings is 3. The van der Waals surface area contributed by atoms with Crippen molar-refractivity contribution in [2.45, 2.75) is 26.8 Å². The SMILES string of the molecule is CCOC(=O)C1=C(C)N=c2s/c(=C\c3ccc(OC(=O)c4ccc(OC)cc4)cc3)c(=O)n2[C@H]1c1ccc(OC)c(OCC)c1. The van der Waals surface area contributed by atoms with E-state index in [2.05, 4.69) is 4.99 Å². The molecule has 0 saturated heterocycles. The number of fused-ring (bicyclic) bond motifs is 1. The summed E-state index contributed by atoms with van der Waals surface area (Å²) in [4.78, 5) is 44.8. The van der Waals surface area contributed by atoms with Crippen molar-refractivity contribution in [2.24, 2.45) is 4.99 Å². The lowest BCUT2D eigenvalue weighted by molar-refractivity contribution is -0.139. The van der Waals surface area contributed by atoms with Gasteiger partial charge in [-0.3, -0.25) is 9.36 Å². The summed E-state index contributed by atoms with van der Waals surface area (Å²) >= 11 is 1.21. The number of hydrogen-bond acceptors (Lipinski definition) is 10. The lowest BCUT2D eigenvalue weighted by Crippen LogP contribution is -2.40. The van der Waals surface area contributed by atoms with Crippen LogP contribution in [0.5, 0.6) is 23.0 Å². The van der Waals surface area contributed by atoms with Crippen LogP contribution in [0, 0.1) is 0 Å². The first kappa shape index (κ1) is 31.3. The van der Waals surface area contributed by atoms with E-state index in [1.807, 2.05) is 6.92 Å². The van der Waals surface area contributed by atoms with Crippen molar-refractivity contribution in [3.8, 4) is 23.0 Å². The van der Waals surface area contributed by atoms with Gasteiger partial charge in [-0.05, 0) is 86.5 Å². The molecule has 1 aliphatic heterocycles. The lowest BCUT2D eigenvalue weighted by Gasteiger charge is -2.25. The van der Waals surface area contributed by atoms with Crippen molar-refractivity contribution < 1.29 is 33.3 Å². The number of allylic oxidation sites excluding steroid dienone is 1. The van der Waals surface area contributed by atoms with Crippen LogP contribution in [0.1, 0.15) is 48.3 Å². The van der Waals surface area contributed by atoms with Crippen LogP contribution in [-0.4, -0.2) is 43.9 Å². The highest BCUT2D eigenvalue weighted by molar-refractivity contribution is 7.07. The van der Waals surface area contributed by atoms with Crippen molar-refractivity contribution >= 4 is 29.4 Å². The summed E-state index contributed by atoms with van der Waals surface area (Å²) in [5.41, 5.74) is 2.16. The molecule has 0 N–H and O–H groups in total. The predicted molar refractivity (Wildman–Crippen MR) is 169 cm³/mol. The van der Waals surface area contributed by atoms with E-state index in [0.29, 0.717) is 61.3 Å². The van der Waals surface area contributed by atoms with Crippen LogP contribution in [0.2, 0.25) is 0 Å². The summed E-state index contributed by atoms with van der Waals surface area (Å²) in [6, 6.07) is 18.0.